The lowest BCUT2D eigenvalue weighted by Gasteiger charge is -2.18. The molecule has 3 nitrogen and oxygen atoms in total. The van der Waals surface area contributed by atoms with Crippen molar-refractivity contribution in [1.82, 2.24) is 4.90 Å². The summed E-state index contributed by atoms with van der Waals surface area (Å²) in [5, 5.41) is 0. The third-order valence-electron chi connectivity index (χ3n) is 4.72. The molecule has 1 atom stereocenters. The molecule has 0 fully saturated rings. The van der Waals surface area contributed by atoms with Crippen LogP contribution in [-0.4, -0.2) is 38.3 Å². The first-order valence-electron chi connectivity index (χ1n) is 9.24. The van der Waals surface area contributed by atoms with E-state index in [1.165, 1.54) is 11.1 Å². The molecule has 2 aromatic rings. The highest BCUT2D eigenvalue weighted by Crippen LogP contribution is 2.23. The van der Waals surface area contributed by atoms with Gasteiger partial charge in [0.2, 0.25) is 0 Å². The van der Waals surface area contributed by atoms with Crippen molar-refractivity contribution in [3.63, 3.8) is 0 Å². The van der Waals surface area contributed by atoms with Gasteiger partial charge in [-0.2, -0.15) is 0 Å². The van der Waals surface area contributed by atoms with Gasteiger partial charge in [-0.15, -0.1) is 12.4 Å². The van der Waals surface area contributed by atoms with Gasteiger partial charge in [-0.25, -0.2) is 0 Å². The van der Waals surface area contributed by atoms with Gasteiger partial charge in [0.1, 0.15) is 18.1 Å². The van der Waals surface area contributed by atoms with Gasteiger partial charge < -0.3 is 14.4 Å². The fourth-order valence-corrected chi connectivity index (χ4v) is 2.96. The van der Waals surface area contributed by atoms with E-state index in [2.05, 4.69) is 62.1 Å². The van der Waals surface area contributed by atoms with Gasteiger partial charge in [0, 0.05) is 6.54 Å². The molecule has 144 valence electrons. The maximum Gasteiger partial charge on any atom is 0.119 e. The first-order valence-corrected chi connectivity index (χ1v) is 9.24. The number of hydrogen-bond donors (Lipinski definition) is 0. The van der Waals surface area contributed by atoms with Crippen LogP contribution in [-0.2, 0) is 6.42 Å². The van der Waals surface area contributed by atoms with E-state index >= 15 is 0 Å². The van der Waals surface area contributed by atoms with Crippen molar-refractivity contribution >= 4 is 12.4 Å². The molecule has 0 saturated heterocycles. The summed E-state index contributed by atoms with van der Waals surface area (Å²) < 4.78 is 11.1. The van der Waals surface area contributed by atoms with E-state index in [0.29, 0.717) is 5.92 Å². The van der Waals surface area contributed by atoms with Crippen LogP contribution in [0.4, 0.5) is 0 Å². The first kappa shape index (κ1) is 22.3. The lowest BCUT2D eigenvalue weighted by atomic mass is 9.94. The number of hydrogen-bond acceptors (Lipinski definition) is 3. The summed E-state index contributed by atoms with van der Waals surface area (Å²) in [7, 11) is 1.70. The lowest BCUT2D eigenvalue weighted by molar-refractivity contribution is 0.223. The maximum absolute atomic E-state index is 5.85. The second kappa shape index (κ2) is 11.8. The first-order chi connectivity index (χ1) is 12.2. The standard InChI is InChI=1S/C22H31NO2.ClH/c1-5-23(6-2)15-16-25-22-11-7-19(8-12-22)17-18(3)20-9-13-21(24-4)14-10-20;/h7-14,18H,5-6,15-17H2,1-4H3;1H. The van der Waals surface area contributed by atoms with Crippen LogP contribution in [0.3, 0.4) is 0 Å². The SMILES string of the molecule is CCN(CC)CCOc1ccc(CC(C)c2ccc(OC)cc2)cc1.Cl. The van der Waals surface area contributed by atoms with Crippen LogP contribution in [0.1, 0.15) is 37.8 Å². The molecule has 0 bridgehead atoms. The minimum absolute atomic E-state index is 0. The highest BCUT2D eigenvalue weighted by Gasteiger charge is 2.07. The van der Waals surface area contributed by atoms with Gasteiger partial charge >= 0.3 is 0 Å². The van der Waals surface area contributed by atoms with Gasteiger partial charge in [-0.05, 0) is 60.8 Å². The monoisotopic (exact) mass is 377 g/mol. The zero-order valence-electron chi connectivity index (χ0n) is 16.4. The summed E-state index contributed by atoms with van der Waals surface area (Å²) in [6, 6.07) is 16.9. The van der Waals surface area contributed by atoms with Crippen LogP contribution < -0.4 is 9.47 Å². The zero-order valence-corrected chi connectivity index (χ0v) is 17.2. The van der Waals surface area contributed by atoms with Gasteiger partial charge in [-0.3, -0.25) is 0 Å². The summed E-state index contributed by atoms with van der Waals surface area (Å²) >= 11 is 0. The smallest absolute Gasteiger partial charge is 0.119 e. The molecule has 0 aliphatic rings. The largest absolute Gasteiger partial charge is 0.497 e. The molecule has 0 aliphatic carbocycles. The Bertz CT molecular complexity index is 609. The van der Waals surface area contributed by atoms with E-state index in [4.69, 9.17) is 9.47 Å². The molecule has 0 N–H and O–H groups in total. The predicted octanol–water partition coefficient (Wildman–Crippen LogP) is 5.18. The van der Waals surface area contributed by atoms with E-state index in [0.717, 1.165) is 44.2 Å². The minimum Gasteiger partial charge on any atom is -0.497 e. The van der Waals surface area contributed by atoms with Crippen molar-refractivity contribution in [3.8, 4) is 11.5 Å². The third kappa shape index (κ3) is 6.89. The second-order valence-electron chi connectivity index (χ2n) is 6.40. The summed E-state index contributed by atoms with van der Waals surface area (Å²) in [6.07, 6.45) is 1.02. The highest BCUT2D eigenvalue weighted by atomic mass is 35.5. The van der Waals surface area contributed by atoms with Gasteiger partial charge in [0.25, 0.3) is 0 Å². The molecule has 1 unspecified atom stereocenters. The molecule has 0 aromatic heterocycles. The van der Waals surface area contributed by atoms with Crippen molar-refractivity contribution in [3.05, 3.63) is 59.7 Å². The molecular formula is C22H32ClNO2. The molecule has 2 rings (SSSR count). The normalized spacial score (nSPS) is 11.7. The molecular weight excluding hydrogens is 346 g/mol. The Morgan fingerprint density at radius 2 is 1.46 bits per heavy atom. The van der Waals surface area contributed by atoms with Crippen molar-refractivity contribution in [2.75, 3.05) is 33.4 Å². The van der Waals surface area contributed by atoms with Crippen molar-refractivity contribution in [1.29, 1.82) is 0 Å². The molecule has 0 radical (unpaired) electrons. The van der Waals surface area contributed by atoms with E-state index < -0.39 is 0 Å². The number of benzene rings is 2. The van der Waals surface area contributed by atoms with Gasteiger partial charge in [0.15, 0.2) is 0 Å². The number of nitrogens with zero attached hydrogens (tertiary/aromatic N) is 1. The number of methoxy groups -OCH3 is 1. The number of halogens is 1. The van der Waals surface area contributed by atoms with Crippen molar-refractivity contribution in [2.45, 2.75) is 33.1 Å². The van der Waals surface area contributed by atoms with Crippen molar-refractivity contribution in [2.24, 2.45) is 0 Å². The number of likely N-dealkylation sites (N-methyl/N-ethyl adjacent to an activating group) is 1. The van der Waals surface area contributed by atoms with E-state index in [9.17, 15) is 0 Å². The topological polar surface area (TPSA) is 21.7 Å². The molecule has 0 spiro atoms. The van der Waals surface area contributed by atoms with E-state index in [-0.39, 0.29) is 12.4 Å². The van der Waals surface area contributed by atoms with Crippen molar-refractivity contribution < 1.29 is 9.47 Å². The molecule has 0 saturated carbocycles. The lowest BCUT2D eigenvalue weighted by Crippen LogP contribution is -2.27. The summed E-state index contributed by atoms with van der Waals surface area (Å²) in [4.78, 5) is 2.37. The Morgan fingerprint density at radius 1 is 0.885 bits per heavy atom. The predicted molar refractivity (Wildman–Crippen MR) is 112 cm³/mol. The Balaban J connectivity index is 0.00000338. The molecule has 0 amide bonds. The zero-order chi connectivity index (χ0) is 18.1. The van der Waals surface area contributed by atoms with Crippen LogP contribution in [0.5, 0.6) is 11.5 Å². The molecule has 4 heteroatoms. The van der Waals surface area contributed by atoms with E-state index in [1.54, 1.807) is 7.11 Å². The Kier molecular flexibility index (Phi) is 10.2. The minimum atomic E-state index is 0. The van der Waals surface area contributed by atoms with Gasteiger partial charge in [-0.1, -0.05) is 45.0 Å². The summed E-state index contributed by atoms with van der Waals surface area (Å²) in [5.41, 5.74) is 2.67. The Morgan fingerprint density at radius 3 is 2.00 bits per heavy atom. The van der Waals surface area contributed by atoms with Crippen LogP contribution in [0, 0.1) is 0 Å². The summed E-state index contributed by atoms with van der Waals surface area (Å²) in [5.74, 6) is 2.33. The highest BCUT2D eigenvalue weighted by molar-refractivity contribution is 5.85. The third-order valence-corrected chi connectivity index (χ3v) is 4.72. The quantitative estimate of drug-likeness (QED) is 0.569. The molecule has 26 heavy (non-hydrogen) atoms. The fraction of sp³-hybridized carbons (Fsp3) is 0.455. The fourth-order valence-electron chi connectivity index (χ4n) is 2.96. The molecule has 0 aliphatic heterocycles. The maximum atomic E-state index is 5.85. The van der Waals surface area contributed by atoms with Crippen LogP contribution in [0.2, 0.25) is 0 Å². The second-order valence-corrected chi connectivity index (χ2v) is 6.40. The Labute approximate surface area is 164 Å². The Hall–Kier alpha value is -1.71. The molecule has 2 aromatic carbocycles. The summed E-state index contributed by atoms with van der Waals surface area (Å²) in [6.45, 7) is 10.5. The number of rotatable bonds is 10. The van der Waals surface area contributed by atoms with E-state index in [1.807, 2.05) is 12.1 Å². The van der Waals surface area contributed by atoms with Gasteiger partial charge in [0.05, 0.1) is 7.11 Å². The number of ether oxygens (including phenoxy) is 2. The molecule has 0 heterocycles. The average Bonchev–Trinajstić information content (AvgIpc) is 2.66. The van der Waals surface area contributed by atoms with Crippen LogP contribution >= 0.6 is 12.4 Å². The van der Waals surface area contributed by atoms with Crippen LogP contribution in [0.15, 0.2) is 48.5 Å². The van der Waals surface area contributed by atoms with Crippen LogP contribution in [0.25, 0.3) is 0 Å². The average molecular weight is 378 g/mol.